The molecule has 0 bridgehead atoms. The Bertz CT molecular complexity index is 1050. The monoisotopic (exact) mass is 491 g/mol. The van der Waals surface area contributed by atoms with Gasteiger partial charge in [-0.15, -0.1) is 0 Å². The normalized spacial score (nSPS) is 21.5. The summed E-state index contributed by atoms with van der Waals surface area (Å²) in [5, 5.41) is 5.60. The molecule has 2 aromatic carbocycles. The van der Waals surface area contributed by atoms with Crippen LogP contribution in [0.15, 0.2) is 60.7 Å². The van der Waals surface area contributed by atoms with E-state index in [1.807, 2.05) is 43.3 Å². The number of carbonyl (C=O) groups excluding carboxylic acids is 4. The molecule has 1 spiro atoms. The van der Waals surface area contributed by atoms with Gasteiger partial charge in [-0.25, -0.2) is 4.79 Å². The van der Waals surface area contributed by atoms with E-state index in [1.54, 1.807) is 0 Å². The zero-order valence-electron chi connectivity index (χ0n) is 20.6. The molecule has 2 aromatic rings. The second-order valence-corrected chi connectivity index (χ2v) is 9.61. The Kier molecular flexibility index (Phi) is 8.03. The number of rotatable bonds is 9. The van der Waals surface area contributed by atoms with Crippen molar-refractivity contribution in [2.45, 2.75) is 50.5 Å². The molecule has 190 valence electrons. The first-order valence-corrected chi connectivity index (χ1v) is 12.6. The number of carbonyl (C=O) groups is 4. The van der Waals surface area contributed by atoms with Crippen LogP contribution >= 0.6 is 0 Å². The molecule has 8 nitrogen and oxygen atoms in total. The Labute approximate surface area is 211 Å². The summed E-state index contributed by atoms with van der Waals surface area (Å²) in [5.74, 6) is -1.48. The molecule has 8 heteroatoms. The van der Waals surface area contributed by atoms with E-state index in [0.717, 1.165) is 35.3 Å². The summed E-state index contributed by atoms with van der Waals surface area (Å²) in [6.45, 7) is 1.38. The molecule has 0 radical (unpaired) electrons. The van der Waals surface area contributed by atoms with E-state index in [1.165, 1.54) is 0 Å². The highest BCUT2D eigenvalue weighted by Crippen LogP contribution is 2.38. The van der Waals surface area contributed by atoms with Crippen molar-refractivity contribution in [1.82, 2.24) is 15.5 Å². The zero-order chi connectivity index (χ0) is 25.5. The average molecular weight is 492 g/mol. The number of nitrogens with one attached hydrogen (secondary N) is 2. The third kappa shape index (κ3) is 5.58. The lowest BCUT2D eigenvalue weighted by Gasteiger charge is -2.36. The van der Waals surface area contributed by atoms with Crippen LogP contribution in [0.4, 0.5) is 4.79 Å². The smallest absolute Gasteiger partial charge is 0.326 e. The number of amides is 4. The van der Waals surface area contributed by atoms with Crippen LogP contribution in [0.1, 0.15) is 56.1 Å². The molecule has 2 unspecified atom stereocenters. The number of hydrogen-bond acceptors (Lipinski definition) is 5. The molecule has 1 aliphatic heterocycles. The Balaban J connectivity index is 1.25. The Morgan fingerprint density at radius 3 is 2.31 bits per heavy atom. The van der Waals surface area contributed by atoms with Crippen molar-refractivity contribution in [3.8, 4) is 0 Å². The van der Waals surface area contributed by atoms with Crippen molar-refractivity contribution in [2.75, 3.05) is 19.7 Å². The number of urea groups is 1. The van der Waals surface area contributed by atoms with Crippen LogP contribution in [0.2, 0.25) is 0 Å². The van der Waals surface area contributed by atoms with Crippen molar-refractivity contribution in [3.63, 3.8) is 0 Å². The maximum Gasteiger partial charge on any atom is 0.326 e. The second-order valence-electron chi connectivity index (χ2n) is 9.61. The molecule has 2 fully saturated rings. The minimum Gasteiger partial charge on any atom is -0.454 e. The molecule has 2 N–H and O–H groups in total. The van der Waals surface area contributed by atoms with Gasteiger partial charge in [0.1, 0.15) is 12.1 Å². The third-order valence-electron chi connectivity index (χ3n) is 7.31. The van der Waals surface area contributed by atoms with Crippen LogP contribution in [-0.4, -0.2) is 54.0 Å². The van der Waals surface area contributed by atoms with Crippen molar-refractivity contribution in [3.05, 3.63) is 71.8 Å². The van der Waals surface area contributed by atoms with Gasteiger partial charge in [0.15, 0.2) is 6.61 Å². The SMILES string of the molecule is CC1CCCCC12NC(=O)N(CC(=O)OCC(=O)NCCC(c1ccccc1)c1ccccc1)C2=O. The van der Waals surface area contributed by atoms with Crippen LogP contribution in [0.25, 0.3) is 0 Å². The Hall–Kier alpha value is -3.68. The van der Waals surface area contributed by atoms with Crippen molar-refractivity contribution in [2.24, 2.45) is 5.92 Å². The van der Waals surface area contributed by atoms with Gasteiger partial charge < -0.3 is 15.4 Å². The number of esters is 1. The van der Waals surface area contributed by atoms with E-state index in [2.05, 4.69) is 34.9 Å². The van der Waals surface area contributed by atoms with E-state index < -0.39 is 36.6 Å². The molecular weight excluding hydrogens is 458 g/mol. The first-order valence-electron chi connectivity index (χ1n) is 12.6. The molecule has 36 heavy (non-hydrogen) atoms. The van der Waals surface area contributed by atoms with Crippen LogP contribution in [0.5, 0.6) is 0 Å². The highest BCUT2D eigenvalue weighted by Gasteiger charge is 2.55. The topological polar surface area (TPSA) is 105 Å². The molecule has 4 rings (SSSR count). The summed E-state index contributed by atoms with van der Waals surface area (Å²) < 4.78 is 5.07. The van der Waals surface area contributed by atoms with Crippen LogP contribution in [0, 0.1) is 5.92 Å². The van der Waals surface area contributed by atoms with E-state index in [0.29, 0.717) is 19.4 Å². The number of imide groups is 1. The van der Waals surface area contributed by atoms with Gasteiger partial charge in [0, 0.05) is 12.5 Å². The maximum atomic E-state index is 13.0. The standard InChI is InChI=1S/C28H33N3O5/c1-20-10-8-9-16-28(20)26(34)31(27(35)30-28)18-25(33)36-19-24(32)29-17-15-23(21-11-4-2-5-12-21)22-13-6-3-7-14-22/h2-7,11-14,20,23H,8-10,15-19H2,1H3,(H,29,32)(H,30,35). The van der Waals surface area contributed by atoms with E-state index in [-0.39, 0.29) is 17.7 Å². The highest BCUT2D eigenvalue weighted by atomic mass is 16.5. The Morgan fingerprint density at radius 1 is 1.06 bits per heavy atom. The number of benzene rings is 2. The van der Waals surface area contributed by atoms with Gasteiger partial charge in [-0.05, 0) is 36.3 Å². The fraction of sp³-hybridized carbons (Fsp3) is 0.429. The first kappa shape index (κ1) is 25.4. The summed E-state index contributed by atoms with van der Waals surface area (Å²) in [4.78, 5) is 50.9. The van der Waals surface area contributed by atoms with Crippen molar-refractivity contribution >= 4 is 23.8 Å². The van der Waals surface area contributed by atoms with Crippen LogP contribution in [-0.2, 0) is 19.1 Å². The zero-order valence-corrected chi connectivity index (χ0v) is 20.6. The van der Waals surface area contributed by atoms with E-state index in [9.17, 15) is 19.2 Å². The summed E-state index contributed by atoms with van der Waals surface area (Å²) in [7, 11) is 0. The van der Waals surface area contributed by atoms with Gasteiger partial charge in [-0.3, -0.25) is 19.3 Å². The quantitative estimate of drug-likeness (QED) is 0.413. The molecule has 0 aromatic heterocycles. The van der Waals surface area contributed by atoms with Crippen LogP contribution in [0.3, 0.4) is 0 Å². The van der Waals surface area contributed by atoms with Gasteiger partial charge in [-0.1, -0.05) is 80.4 Å². The lowest BCUT2D eigenvalue weighted by molar-refractivity contribution is -0.151. The van der Waals surface area contributed by atoms with E-state index >= 15 is 0 Å². The van der Waals surface area contributed by atoms with Gasteiger partial charge in [-0.2, -0.15) is 0 Å². The minimum absolute atomic E-state index is 0.00472. The molecule has 1 saturated heterocycles. The molecule has 1 heterocycles. The summed E-state index contributed by atoms with van der Waals surface area (Å²) in [5.41, 5.74) is 1.38. The fourth-order valence-corrected chi connectivity index (χ4v) is 5.26. The van der Waals surface area contributed by atoms with Crippen molar-refractivity contribution in [1.29, 1.82) is 0 Å². The third-order valence-corrected chi connectivity index (χ3v) is 7.31. The number of ether oxygens (including phenoxy) is 1. The molecular formula is C28H33N3O5. The predicted molar refractivity (Wildman–Crippen MR) is 134 cm³/mol. The molecule has 1 aliphatic carbocycles. The lowest BCUT2D eigenvalue weighted by Crippen LogP contribution is -2.54. The van der Waals surface area contributed by atoms with E-state index in [4.69, 9.17) is 4.74 Å². The lowest BCUT2D eigenvalue weighted by atomic mass is 9.73. The Morgan fingerprint density at radius 2 is 1.69 bits per heavy atom. The predicted octanol–water partition coefficient (Wildman–Crippen LogP) is 3.37. The van der Waals surface area contributed by atoms with Gasteiger partial charge >= 0.3 is 12.0 Å². The second kappa shape index (κ2) is 11.4. The summed E-state index contributed by atoms with van der Waals surface area (Å²) in [6, 6.07) is 19.6. The minimum atomic E-state index is -0.930. The highest BCUT2D eigenvalue weighted by molar-refractivity contribution is 6.09. The fourth-order valence-electron chi connectivity index (χ4n) is 5.26. The average Bonchev–Trinajstić information content (AvgIpc) is 3.13. The number of nitrogens with zero attached hydrogens (tertiary/aromatic N) is 1. The van der Waals surface area contributed by atoms with Crippen molar-refractivity contribution < 1.29 is 23.9 Å². The summed E-state index contributed by atoms with van der Waals surface area (Å²) >= 11 is 0. The van der Waals surface area contributed by atoms with Gasteiger partial charge in [0.25, 0.3) is 11.8 Å². The number of hydrogen-bond donors (Lipinski definition) is 2. The summed E-state index contributed by atoms with van der Waals surface area (Å²) in [6.07, 6.45) is 3.96. The van der Waals surface area contributed by atoms with Gasteiger partial charge in [0.2, 0.25) is 0 Å². The molecule has 4 amide bonds. The molecule has 1 saturated carbocycles. The molecule has 2 atom stereocenters. The first-order chi connectivity index (χ1) is 17.4. The van der Waals surface area contributed by atoms with Crippen LogP contribution < -0.4 is 10.6 Å². The largest absolute Gasteiger partial charge is 0.454 e. The van der Waals surface area contributed by atoms with Gasteiger partial charge in [0.05, 0.1) is 0 Å². The molecule has 2 aliphatic rings. The maximum absolute atomic E-state index is 13.0.